The minimum atomic E-state index is -0.517. The smallest absolute Gasteiger partial charge is 0.256 e. The molecule has 2 saturated heterocycles. The minimum Gasteiger partial charge on any atom is -0.353 e. The summed E-state index contributed by atoms with van der Waals surface area (Å²) in [5, 5.41) is 3.08. The Morgan fingerprint density at radius 3 is 2.55 bits per heavy atom. The predicted octanol–water partition coefficient (Wildman–Crippen LogP) is 3.09. The lowest BCUT2D eigenvalue weighted by Gasteiger charge is -2.33. The van der Waals surface area contributed by atoms with Crippen LogP contribution in [0.4, 0.5) is 10.1 Å². The summed E-state index contributed by atoms with van der Waals surface area (Å²) >= 11 is 0. The molecule has 0 aromatic heterocycles. The summed E-state index contributed by atoms with van der Waals surface area (Å²) in [5.41, 5.74) is 3.64. The van der Waals surface area contributed by atoms with Crippen LogP contribution in [-0.4, -0.2) is 48.3 Å². The van der Waals surface area contributed by atoms with Crippen molar-refractivity contribution in [1.82, 2.24) is 10.2 Å². The number of aryl methyl sites for hydroxylation is 2. The number of fused-ring (bicyclic) bond motifs is 1. The first-order valence-corrected chi connectivity index (χ1v) is 11.8. The Morgan fingerprint density at radius 1 is 1.00 bits per heavy atom. The van der Waals surface area contributed by atoms with Crippen LogP contribution in [0.1, 0.15) is 47.2 Å². The van der Waals surface area contributed by atoms with Crippen molar-refractivity contribution < 1.29 is 18.8 Å². The number of nitrogens with one attached hydrogen (secondary N) is 1. The summed E-state index contributed by atoms with van der Waals surface area (Å²) in [6.07, 6.45) is 4.74. The van der Waals surface area contributed by atoms with Gasteiger partial charge in [0.05, 0.1) is 11.5 Å². The maximum atomic E-state index is 13.9. The average Bonchev–Trinajstić information content (AvgIpc) is 3.45. The Kier molecular flexibility index (Phi) is 5.87. The minimum absolute atomic E-state index is 0.0154. The van der Waals surface area contributed by atoms with Gasteiger partial charge in [-0.2, -0.15) is 0 Å². The third-order valence-electron chi connectivity index (χ3n) is 7.12. The third kappa shape index (κ3) is 4.36. The number of piperidine rings is 1. The van der Waals surface area contributed by atoms with Crippen LogP contribution in [0.25, 0.3) is 0 Å². The number of carbonyl (C=O) groups excluding carboxylic acids is 3. The number of hydrogen-bond donors (Lipinski definition) is 1. The SMILES string of the molecule is O=C(NC1CCN(C(=O)c2ccccc2F)CC1)C1CC(=O)N(c2ccc3c(c2)CCC3)C1. The Bertz CT molecular complexity index is 1090. The molecule has 7 heteroatoms. The van der Waals surface area contributed by atoms with Crippen LogP contribution in [0.5, 0.6) is 0 Å². The van der Waals surface area contributed by atoms with Crippen LogP contribution in [0.15, 0.2) is 42.5 Å². The molecule has 0 bridgehead atoms. The summed E-state index contributed by atoms with van der Waals surface area (Å²) in [4.78, 5) is 41.5. The van der Waals surface area contributed by atoms with E-state index in [1.807, 2.05) is 6.07 Å². The van der Waals surface area contributed by atoms with E-state index in [0.29, 0.717) is 32.5 Å². The van der Waals surface area contributed by atoms with Gasteiger partial charge in [0.1, 0.15) is 5.82 Å². The predicted molar refractivity (Wildman–Crippen MR) is 122 cm³/mol. The standard InChI is InChI=1S/C26H28FN3O3/c27-23-7-2-1-6-22(23)26(33)29-12-10-20(11-13-29)28-25(32)19-15-24(31)30(16-19)21-9-8-17-4-3-5-18(17)14-21/h1-2,6-9,14,19-20H,3-5,10-13,15-16H2,(H,28,32). The first kappa shape index (κ1) is 21.6. The first-order chi connectivity index (χ1) is 16.0. The maximum Gasteiger partial charge on any atom is 0.256 e. The van der Waals surface area contributed by atoms with Crippen molar-refractivity contribution in [3.05, 3.63) is 65.0 Å². The molecule has 172 valence electrons. The Hall–Kier alpha value is -3.22. The van der Waals surface area contributed by atoms with Crippen LogP contribution in [0.3, 0.4) is 0 Å². The van der Waals surface area contributed by atoms with Crippen LogP contribution >= 0.6 is 0 Å². The number of likely N-dealkylation sites (tertiary alicyclic amines) is 1. The van der Waals surface area contributed by atoms with Gasteiger partial charge >= 0.3 is 0 Å². The van der Waals surface area contributed by atoms with Gasteiger partial charge in [-0.1, -0.05) is 18.2 Å². The quantitative estimate of drug-likeness (QED) is 0.780. The number of amides is 3. The van der Waals surface area contributed by atoms with Gasteiger partial charge in [-0.15, -0.1) is 0 Å². The first-order valence-electron chi connectivity index (χ1n) is 11.8. The fraction of sp³-hybridized carbons (Fsp3) is 0.423. The van der Waals surface area contributed by atoms with E-state index < -0.39 is 5.82 Å². The number of benzene rings is 2. The van der Waals surface area contributed by atoms with Gasteiger partial charge in [0, 0.05) is 37.8 Å². The van der Waals surface area contributed by atoms with Crippen LogP contribution in [0, 0.1) is 11.7 Å². The van der Waals surface area contributed by atoms with Gasteiger partial charge in [0.25, 0.3) is 5.91 Å². The van der Waals surface area contributed by atoms with Crippen molar-refractivity contribution in [3.8, 4) is 0 Å². The third-order valence-corrected chi connectivity index (χ3v) is 7.12. The van der Waals surface area contributed by atoms with Crippen LogP contribution < -0.4 is 10.2 Å². The summed E-state index contributed by atoms with van der Waals surface area (Å²) in [7, 11) is 0. The van der Waals surface area contributed by atoms with Crippen molar-refractivity contribution in [2.45, 2.75) is 44.6 Å². The van der Waals surface area contributed by atoms with Gasteiger partial charge in [-0.3, -0.25) is 14.4 Å². The largest absolute Gasteiger partial charge is 0.353 e. The Balaban J connectivity index is 1.15. The molecule has 5 rings (SSSR count). The second-order valence-corrected chi connectivity index (χ2v) is 9.27. The molecule has 0 spiro atoms. The van der Waals surface area contributed by atoms with Crippen molar-refractivity contribution in [3.63, 3.8) is 0 Å². The Labute approximate surface area is 192 Å². The molecular weight excluding hydrogens is 421 g/mol. The molecule has 2 aliphatic heterocycles. The zero-order chi connectivity index (χ0) is 22.9. The molecule has 3 aliphatic rings. The molecule has 33 heavy (non-hydrogen) atoms. The lowest BCUT2D eigenvalue weighted by molar-refractivity contribution is -0.127. The van der Waals surface area contributed by atoms with Crippen molar-refractivity contribution in [1.29, 1.82) is 0 Å². The molecule has 0 radical (unpaired) electrons. The van der Waals surface area contributed by atoms with Gasteiger partial charge in [0.15, 0.2) is 0 Å². The second kappa shape index (κ2) is 8.96. The number of anilines is 1. The highest BCUT2D eigenvalue weighted by atomic mass is 19.1. The van der Waals surface area contributed by atoms with E-state index in [-0.39, 0.29) is 41.7 Å². The molecule has 1 aliphatic carbocycles. The fourth-order valence-corrected chi connectivity index (χ4v) is 5.21. The topological polar surface area (TPSA) is 69.7 Å². The molecule has 6 nitrogen and oxygen atoms in total. The lowest BCUT2D eigenvalue weighted by atomic mass is 10.0. The number of nitrogens with zero attached hydrogens (tertiary/aromatic N) is 2. The summed E-state index contributed by atoms with van der Waals surface area (Å²) < 4.78 is 13.9. The molecule has 2 heterocycles. The molecule has 0 saturated carbocycles. The average molecular weight is 450 g/mol. The molecule has 2 aromatic rings. The zero-order valence-corrected chi connectivity index (χ0v) is 18.6. The summed E-state index contributed by atoms with van der Waals surface area (Å²) in [5.74, 6) is -1.32. The van der Waals surface area contributed by atoms with E-state index in [0.717, 1.165) is 24.9 Å². The van der Waals surface area contributed by atoms with Gasteiger partial charge in [-0.25, -0.2) is 4.39 Å². The highest BCUT2D eigenvalue weighted by molar-refractivity contribution is 6.00. The number of hydrogen-bond acceptors (Lipinski definition) is 3. The molecule has 1 unspecified atom stereocenters. The van der Waals surface area contributed by atoms with E-state index in [1.165, 1.54) is 23.3 Å². The van der Waals surface area contributed by atoms with Gasteiger partial charge < -0.3 is 15.1 Å². The second-order valence-electron chi connectivity index (χ2n) is 9.27. The van der Waals surface area contributed by atoms with Crippen molar-refractivity contribution in [2.24, 2.45) is 5.92 Å². The molecule has 2 fully saturated rings. The number of rotatable bonds is 4. The molecule has 3 amide bonds. The highest BCUT2D eigenvalue weighted by Crippen LogP contribution is 2.31. The summed E-state index contributed by atoms with van der Waals surface area (Å²) in [6, 6.07) is 12.1. The van der Waals surface area contributed by atoms with Crippen LogP contribution in [0.2, 0.25) is 0 Å². The van der Waals surface area contributed by atoms with Crippen molar-refractivity contribution >= 4 is 23.4 Å². The number of halogens is 1. The zero-order valence-electron chi connectivity index (χ0n) is 18.6. The fourth-order valence-electron chi connectivity index (χ4n) is 5.21. The van der Waals surface area contributed by atoms with Gasteiger partial charge in [0.2, 0.25) is 11.8 Å². The normalized spacial score (nSPS) is 20.8. The van der Waals surface area contributed by atoms with E-state index in [2.05, 4.69) is 17.4 Å². The van der Waals surface area contributed by atoms with E-state index in [9.17, 15) is 18.8 Å². The number of carbonyl (C=O) groups is 3. The van der Waals surface area contributed by atoms with Crippen LogP contribution in [-0.2, 0) is 22.4 Å². The van der Waals surface area contributed by atoms with Gasteiger partial charge in [-0.05, 0) is 67.5 Å². The Morgan fingerprint density at radius 2 is 1.76 bits per heavy atom. The summed E-state index contributed by atoms with van der Waals surface area (Å²) in [6.45, 7) is 1.32. The monoisotopic (exact) mass is 449 g/mol. The molecule has 1 atom stereocenters. The highest BCUT2D eigenvalue weighted by Gasteiger charge is 2.36. The van der Waals surface area contributed by atoms with E-state index >= 15 is 0 Å². The molecular formula is C26H28FN3O3. The maximum absolute atomic E-state index is 13.9. The lowest BCUT2D eigenvalue weighted by Crippen LogP contribution is -2.48. The van der Waals surface area contributed by atoms with Crippen molar-refractivity contribution in [2.75, 3.05) is 24.5 Å². The molecule has 1 N–H and O–H groups in total. The molecule has 2 aromatic carbocycles. The van der Waals surface area contributed by atoms with E-state index in [4.69, 9.17) is 0 Å². The van der Waals surface area contributed by atoms with E-state index in [1.54, 1.807) is 21.9 Å².